The van der Waals surface area contributed by atoms with E-state index in [1.54, 1.807) is 0 Å². The zero-order valence-corrected chi connectivity index (χ0v) is 10.0. The third-order valence-electron chi connectivity index (χ3n) is 1.53. The molecule has 1 N–H and O–H groups in total. The predicted molar refractivity (Wildman–Crippen MR) is 60.3 cm³/mol. The summed E-state index contributed by atoms with van der Waals surface area (Å²) in [6.45, 7) is 0. The summed E-state index contributed by atoms with van der Waals surface area (Å²) in [6.07, 6.45) is 0.776. The molecular weight excluding hydrogens is 298 g/mol. The zero-order valence-electron chi connectivity index (χ0n) is 6.84. The second-order valence-electron chi connectivity index (χ2n) is 2.58. The van der Waals surface area contributed by atoms with Gasteiger partial charge in [-0.25, -0.2) is 0 Å². The number of carbonyl (C=O) groups is 1. The lowest BCUT2D eigenvalue weighted by atomic mass is 10.1. The summed E-state index contributed by atoms with van der Waals surface area (Å²) in [4.78, 5) is 10.4. The van der Waals surface area contributed by atoms with Gasteiger partial charge in [0.25, 0.3) is 4.82 Å². The fourth-order valence-electron chi connectivity index (χ4n) is 0.995. The Morgan fingerprint density at radius 3 is 2.54 bits per heavy atom. The van der Waals surface area contributed by atoms with Crippen molar-refractivity contribution in [3.05, 3.63) is 35.9 Å². The number of alkyl halides is 1. The summed E-state index contributed by atoms with van der Waals surface area (Å²) in [7, 11) is 0. The number of carbonyl (C=O) groups excluding carboxylic acids is 1. The molecule has 0 saturated heterocycles. The fraction of sp³-hybridized carbons (Fsp3) is 0.222. The van der Waals surface area contributed by atoms with Crippen molar-refractivity contribution in [1.29, 1.82) is 0 Å². The van der Waals surface area contributed by atoms with Gasteiger partial charge in [0.1, 0.15) is 0 Å². The third kappa shape index (κ3) is 4.43. The number of halogens is 2. The molecule has 0 aromatic heterocycles. The van der Waals surface area contributed by atoms with E-state index in [1.165, 1.54) is 5.56 Å². The van der Waals surface area contributed by atoms with Gasteiger partial charge in [0.05, 0.1) is 4.95 Å². The van der Waals surface area contributed by atoms with Gasteiger partial charge < -0.3 is 5.32 Å². The van der Waals surface area contributed by atoms with Crippen LogP contribution in [0.4, 0.5) is 4.79 Å². The van der Waals surface area contributed by atoms with Crippen LogP contribution in [0.3, 0.4) is 0 Å². The van der Waals surface area contributed by atoms with Gasteiger partial charge in [-0.2, -0.15) is 0 Å². The molecule has 0 aliphatic carbocycles. The molecule has 1 rings (SSSR count). The molecule has 1 amide bonds. The van der Waals surface area contributed by atoms with Crippen molar-refractivity contribution in [2.75, 3.05) is 0 Å². The predicted octanol–water partition coefficient (Wildman–Crippen LogP) is 3.05. The van der Waals surface area contributed by atoms with E-state index in [4.69, 9.17) is 0 Å². The molecule has 0 fully saturated rings. The summed E-state index contributed by atoms with van der Waals surface area (Å²) in [5, 5.41) is 2.69. The fourth-order valence-corrected chi connectivity index (χ4v) is 2.16. The minimum atomic E-state index is -0.203. The molecule has 0 aliphatic rings. The molecule has 2 nitrogen and oxygen atoms in total. The smallest absolute Gasteiger partial charge is 0.288 e. The van der Waals surface area contributed by atoms with Crippen LogP contribution in [-0.2, 0) is 6.42 Å². The Hall–Kier alpha value is -0.350. The Kier molecular flexibility index (Phi) is 4.45. The highest BCUT2D eigenvalue weighted by molar-refractivity contribution is 9.18. The number of hydrogen-bond acceptors (Lipinski definition) is 1. The Bertz CT molecular complexity index is 276. The Morgan fingerprint density at radius 2 is 2.00 bits per heavy atom. The van der Waals surface area contributed by atoms with Crippen LogP contribution >= 0.6 is 31.9 Å². The van der Waals surface area contributed by atoms with E-state index in [1.807, 2.05) is 30.3 Å². The van der Waals surface area contributed by atoms with Crippen molar-refractivity contribution >= 4 is 36.7 Å². The van der Waals surface area contributed by atoms with Crippen LogP contribution in [-0.4, -0.2) is 9.77 Å². The molecule has 0 heterocycles. The van der Waals surface area contributed by atoms with Crippen molar-refractivity contribution in [1.82, 2.24) is 5.32 Å². The number of rotatable bonds is 3. The van der Waals surface area contributed by atoms with Crippen molar-refractivity contribution in [2.45, 2.75) is 11.4 Å². The zero-order chi connectivity index (χ0) is 9.68. The number of benzene rings is 1. The van der Waals surface area contributed by atoms with Gasteiger partial charge in [-0.15, -0.1) is 0 Å². The van der Waals surface area contributed by atoms with Crippen LogP contribution in [0.1, 0.15) is 5.56 Å². The quantitative estimate of drug-likeness (QED) is 0.519. The van der Waals surface area contributed by atoms with Gasteiger partial charge in [-0.05, 0) is 5.56 Å². The van der Waals surface area contributed by atoms with E-state index >= 15 is 0 Å². The van der Waals surface area contributed by atoms with Gasteiger partial charge in [0.15, 0.2) is 0 Å². The van der Waals surface area contributed by atoms with E-state index < -0.39 is 0 Å². The first-order valence-corrected chi connectivity index (χ1v) is 5.53. The molecule has 0 saturated carbocycles. The van der Waals surface area contributed by atoms with Gasteiger partial charge in [-0.3, -0.25) is 4.79 Å². The number of nitrogens with one attached hydrogen (secondary N) is 1. The maximum atomic E-state index is 10.6. The summed E-state index contributed by atoms with van der Waals surface area (Å²) in [6, 6.07) is 9.97. The lowest BCUT2D eigenvalue weighted by Gasteiger charge is -2.09. The average molecular weight is 307 g/mol. The first-order chi connectivity index (χ1) is 6.18. The summed E-state index contributed by atoms with van der Waals surface area (Å²) >= 11 is 6.16. The maximum Gasteiger partial charge on any atom is 0.288 e. The van der Waals surface area contributed by atoms with Crippen molar-refractivity contribution in [3.63, 3.8) is 0 Å². The molecule has 1 atom stereocenters. The van der Waals surface area contributed by atoms with Gasteiger partial charge >= 0.3 is 0 Å². The second-order valence-corrected chi connectivity index (χ2v) is 4.40. The van der Waals surface area contributed by atoms with E-state index in [0.29, 0.717) is 0 Å². The van der Waals surface area contributed by atoms with Crippen LogP contribution in [0.2, 0.25) is 0 Å². The lowest BCUT2D eigenvalue weighted by molar-refractivity contribution is 0.261. The highest BCUT2D eigenvalue weighted by Gasteiger charge is 2.05. The lowest BCUT2D eigenvalue weighted by Crippen LogP contribution is -2.27. The molecular formula is C9H9Br2NO. The second kappa shape index (κ2) is 5.40. The van der Waals surface area contributed by atoms with E-state index in [-0.39, 0.29) is 9.77 Å². The summed E-state index contributed by atoms with van der Waals surface area (Å²) in [5.41, 5.74) is 1.19. The van der Waals surface area contributed by atoms with Crippen molar-refractivity contribution in [2.24, 2.45) is 0 Å². The topological polar surface area (TPSA) is 29.1 Å². The molecule has 4 heteroatoms. The largest absolute Gasteiger partial charge is 0.334 e. The standard InChI is InChI=1S/C9H9Br2NO/c10-8(12-9(11)13)6-7-4-2-1-3-5-7/h1-5,8H,6H2,(H,12,13). The molecule has 13 heavy (non-hydrogen) atoms. The molecule has 0 spiro atoms. The first kappa shape index (κ1) is 10.7. The highest BCUT2D eigenvalue weighted by atomic mass is 79.9. The van der Waals surface area contributed by atoms with E-state index in [2.05, 4.69) is 37.2 Å². The average Bonchev–Trinajstić information content (AvgIpc) is 2.04. The van der Waals surface area contributed by atoms with Crippen LogP contribution in [0.15, 0.2) is 30.3 Å². The van der Waals surface area contributed by atoms with Crippen LogP contribution in [0.5, 0.6) is 0 Å². The molecule has 1 aromatic rings. The normalized spacial score (nSPS) is 12.2. The van der Waals surface area contributed by atoms with Crippen molar-refractivity contribution < 1.29 is 4.79 Å². The molecule has 0 aliphatic heterocycles. The summed E-state index contributed by atoms with van der Waals surface area (Å²) in [5.74, 6) is 0. The maximum absolute atomic E-state index is 10.6. The minimum absolute atomic E-state index is 0.0261. The molecule has 0 radical (unpaired) electrons. The van der Waals surface area contributed by atoms with Crippen LogP contribution in [0, 0.1) is 0 Å². The van der Waals surface area contributed by atoms with E-state index in [9.17, 15) is 4.79 Å². The minimum Gasteiger partial charge on any atom is -0.334 e. The Labute approximate surface area is 94.0 Å². The first-order valence-electron chi connectivity index (χ1n) is 3.82. The molecule has 1 unspecified atom stereocenters. The van der Waals surface area contributed by atoms with Gasteiger partial charge in [-0.1, -0.05) is 46.3 Å². The SMILES string of the molecule is O=C(Br)NC(Br)Cc1ccccc1. The number of hydrogen-bond donors (Lipinski definition) is 1. The Balaban J connectivity index is 2.45. The number of amides is 1. The summed E-state index contributed by atoms with van der Waals surface area (Å²) < 4.78 is 0. The van der Waals surface area contributed by atoms with Gasteiger partial charge in [0.2, 0.25) is 0 Å². The van der Waals surface area contributed by atoms with Crippen LogP contribution < -0.4 is 5.32 Å². The van der Waals surface area contributed by atoms with Gasteiger partial charge in [0, 0.05) is 22.4 Å². The van der Waals surface area contributed by atoms with E-state index in [0.717, 1.165) is 6.42 Å². The molecule has 70 valence electrons. The third-order valence-corrected chi connectivity index (χ3v) is 2.31. The highest BCUT2D eigenvalue weighted by Crippen LogP contribution is 2.07. The molecule has 0 bridgehead atoms. The monoisotopic (exact) mass is 305 g/mol. The molecule has 1 aromatic carbocycles. The van der Waals surface area contributed by atoms with Crippen molar-refractivity contribution in [3.8, 4) is 0 Å². The van der Waals surface area contributed by atoms with Crippen LogP contribution in [0.25, 0.3) is 0 Å². The Morgan fingerprint density at radius 1 is 1.38 bits per heavy atom.